The molecule has 110 valence electrons. The number of amides is 1. The molecule has 1 aromatic carbocycles. The lowest BCUT2D eigenvalue weighted by molar-refractivity contribution is -0.120. The zero-order valence-corrected chi connectivity index (χ0v) is 12.7. The van der Waals surface area contributed by atoms with E-state index in [1.807, 2.05) is 0 Å². The molecule has 1 rings (SSSR count). The molecule has 1 N–H and O–H groups in total. The van der Waals surface area contributed by atoms with E-state index in [4.69, 9.17) is 4.74 Å². The van der Waals surface area contributed by atoms with Crippen molar-refractivity contribution >= 4 is 21.5 Å². The van der Waals surface area contributed by atoms with Crippen LogP contribution in [-0.4, -0.2) is 33.4 Å². The number of nitrogens with zero attached hydrogens (tertiary/aromatic N) is 1. The van der Waals surface area contributed by atoms with Gasteiger partial charge in [0.1, 0.15) is 10.6 Å². The van der Waals surface area contributed by atoms with Crippen LogP contribution in [0.5, 0.6) is 5.75 Å². The molecule has 0 spiro atoms. The first kappa shape index (κ1) is 16.2. The lowest BCUT2D eigenvalue weighted by atomic mass is 10.1. The van der Waals surface area contributed by atoms with E-state index in [0.717, 1.165) is 6.26 Å². The molecule has 0 aliphatic heterocycles. The third-order valence-electron chi connectivity index (χ3n) is 2.65. The second-order valence-corrected chi connectivity index (χ2v) is 6.21. The second kappa shape index (κ2) is 6.51. The lowest BCUT2D eigenvalue weighted by Crippen LogP contribution is -2.17. The van der Waals surface area contributed by atoms with Crippen LogP contribution in [0.25, 0.3) is 0 Å². The number of benzene rings is 1. The fourth-order valence-electron chi connectivity index (χ4n) is 1.49. The highest BCUT2D eigenvalue weighted by atomic mass is 32.2. The Kier molecular flexibility index (Phi) is 5.26. The molecule has 7 heteroatoms. The number of hydrogen-bond acceptors (Lipinski definition) is 5. The molecule has 1 aromatic rings. The molecule has 0 aromatic heterocycles. The summed E-state index contributed by atoms with van der Waals surface area (Å²) in [6.45, 7) is 3.44. The quantitative estimate of drug-likeness (QED) is 0.657. The van der Waals surface area contributed by atoms with Crippen LogP contribution in [0.3, 0.4) is 0 Å². The minimum Gasteiger partial charge on any atom is -0.495 e. The van der Waals surface area contributed by atoms with E-state index in [0.29, 0.717) is 17.7 Å². The van der Waals surface area contributed by atoms with E-state index in [1.54, 1.807) is 26.0 Å². The fraction of sp³-hybridized carbons (Fsp3) is 0.385. The van der Waals surface area contributed by atoms with Gasteiger partial charge in [-0.1, -0.05) is 13.0 Å². The second-order valence-electron chi connectivity index (χ2n) is 4.22. The highest BCUT2D eigenvalue weighted by molar-refractivity contribution is 7.90. The summed E-state index contributed by atoms with van der Waals surface area (Å²) in [5.41, 5.74) is 3.64. The molecular formula is C13H18N2O4S. The molecule has 0 bridgehead atoms. The number of sulfone groups is 1. The summed E-state index contributed by atoms with van der Waals surface area (Å²) in [5, 5.41) is 3.94. The number of ether oxygens (including phenoxy) is 1. The Balaban J connectivity index is 3.13. The van der Waals surface area contributed by atoms with Crippen LogP contribution in [0, 0.1) is 0 Å². The van der Waals surface area contributed by atoms with Crippen molar-refractivity contribution < 1.29 is 17.9 Å². The first-order chi connectivity index (χ1) is 9.29. The Hall–Kier alpha value is -1.89. The SMILES string of the molecule is CCC(=O)N/N=C(\C)c1ccc(S(C)(=O)=O)c(OC)c1. The van der Waals surface area contributed by atoms with Gasteiger partial charge in [-0.05, 0) is 19.1 Å². The molecular weight excluding hydrogens is 280 g/mol. The maximum absolute atomic E-state index is 11.6. The van der Waals surface area contributed by atoms with Crippen LogP contribution in [0.4, 0.5) is 0 Å². The van der Waals surface area contributed by atoms with Crippen LogP contribution < -0.4 is 10.2 Å². The number of hydrazone groups is 1. The topological polar surface area (TPSA) is 84.8 Å². The highest BCUT2D eigenvalue weighted by Gasteiger charge is 2.15. The summed E-state index contributed by atoms with van der Waals surface area (Å²) >= 11 is 0. The molecule has 0 fully saturated rings. The van der Waals surface area contributed by atoms with Crippen molar-refractivity contribution in [1.82, 2.24) is 5.43 Å². The lowest BCUT2D eigenvalue weighted by Gasteiger charge is -2.09. The van der Waals surface area contributed by atoms with Gasteiger partial charge in [0.25, 0.3) is 0 Å². The predicted molar refractivity (Wildman–Crippen MR) is 76.7 cm³/mol. The van der Waals surface area contributed by atoms with Crippen LogP contribution in [0.1, 0.15) is 25.8 Å². The van der Waals surface area contributed by atoms with Crippen molar-refractivity contribution in [2.45, 2.75) is 25.2 Å². The molecule has 0 radical (unpaired) electrons. The monoisotopic (exact) mass is 298 g/mol. The Bertz CT molecular complexity index is 636. The zero-order chi connectivity index (χ0) is 15.3. The Morgan fingerprint density at radius 3 is 2.55 bits per heavy atom. The summed E-state index contributed by atoms with van der Waals surface area (Å²) in [6.07, 6.45) is 1.46. The van der Waals surface area contributed by atoms with Gasteiger partial charge >= 0.3 is 0 Å². The molecule has 0 saturated heterocycles. The largest absolute Gasteiger partial charge is 0.495 e. The van der Waals surface area contributed by atoms with E-state index >= 15 is 0 Å². The van der Waals surface area contributed by atoms with E-state index in [-0.39, 0.29) is 16.6 Å². The maximum Gasteiger partial charge on any atom is 0.239 e. The van der Waals surface area contributed by atoms with E-state index in [1.165, 1.54) is 13.2 Å². The Labute approximate surface area is 118 Å². The van der Waals surface area contributed by atoms with Gasteiger partial charge < -0.3 is 4.74 Å². The van der Waals surface area contributed by atoms with Gasteiger partial charge in [-0.25, -0.2) is 13.8 Å². The van der Waals surface area contributed by atoms with Crippen molar-refractivity contribution in [3.05, 3.63) is 23.8 Å². The van der Waals surface area contributed by atoms with Gasteiger partial charge in [0.15, 0.2) is 9.84 Å². The molecule has 20 heavy (non-hydrogen) atoms. The zero-order valence-electron chi connectivity index (χ0n) is 11.9. The first-order valence-electron chi connectivity index (χ1n) is 6.01. The number of carbonyl (C=O) groups is 1. The number of hydrogen-bond donors (Lipinski definition) is 1. The molecule has 0 heterocycles. The minimum absolute atomic E-state index is 0.120. The third-order valence-corrected chi connectivity index (χ3v) is 3.79. The maximum atomic E-state index is 11.6. The van der Waals surface area contributed by atoms with Crippen molar-refractivity contribution in [1.29, 1.82) is 0 Å². The molecule has 0 saturated carbocycles. The van der Waals surface area contributed by atoms with Gasteiger partial charge in [-0.2, -0.15) is 5.10 Å². The van der Waals surface area contributed by atoms with Crippen LogP contribution in [0.2, 0.25) is 0 Å². The predicted octanol–water partition coefficient (Wildman–Crippen LogP) is 1.35. The molecule has 0 aliphatic carbocycles. The van der Waals surface area contributed by atoms with E-state index in [2.05, 4.69) is 10.5 Å². The standard InChI is InChI=1S/C13H18N2O4S/c1-5-13(16)15-14-9(2)10-6-7-12(20(4,17)18)11(8-10)19-3/h6-8H,5H2,1-4H3,(H,15,16)/b14-9+. The smallest absolute Gasteiger partial charge is 0.239 e. The summed E-state index contributed by atoms with van der Waals surface area (Å²) in [7, 11) is -1.95. The van der Waals surface area contributed by atoms with Gasteiger partial charge in [0.05, 0.1) is 12.8 Å². The third kappa shape index (κ3) is 4.06. The van der Waals surface area contributed by atoms with Crippen LogP contribution >= 0.6 is 0 Å². The van der Waals surface area contributed by atoms with Crippen LogP contribution in [-0.2, 0) is 14.6 Å². The molecule has 0 aliphatic rings. The van der Waals surface area contributed by atoms with E-state index < -0.39 is 9.84 Å². The van der Waals surface area contributed by atoms with Gasteiger partial charge in [-0.15, -0.1) is 0 Å². The average Bonchev–Trinajstić information content (AvgIpc) is 2.42. The van der Waals surface area contributed by atoms with Gasteiger partial charge in [0.2, 0.25) is 5.91 Å². The van der Waals surface area contributed by atoms with E-state index in [9.17, 15) is 13.2 Å². The summed E-state index contributed by atoms with van der Waals surface area (Å²) < 4.78 is 28.2. The normalized spacial score (nSPS) is 12.1. The number of methoxy groups -OCH3 is 1. The van der Waals surface area contributed by atoms with Crippen molar-refractivity contribution in [3.63, 3.8) is 0 Å². The van der Waals surface area contributed by atoms with Gasteiger partial charge in [0, 0.05) is 18.2 Å². The number of nitrogens with one attached hydrogen (secondary N) is 1. The first-order valence-corrected chi connectivity index (χ1v) is 7.90. The number of carbonyl (C=O) groups excluding carboxylic acids is 1. The van der Waals surface area contributed by atoms with Gasteiger partial charge in [-0.3, -0.25) is 4.79 Å². The summed E-state index contributed by atoms with van der Waals surface area (Å²) in [6, 6.07) is 4.66. The van der Waals surface area contributed by atoms with Crippen molar-refractivity contribution in [2.24, 2.45) is 5.10 Å². The average molecular weight is 298 g/mol. The Morgan fingerprint density at radius 1 is 1.40 bits per heavy atom. The highest BCUT2D eigenvalue weighted by Crippen LogP contribution is 2.25. The van der Waals surface area contributed by atoms with Crippen LogP contribution in [0.15, 0.2) is 28.2 Å². The van der Waals surface area contributed by atoms with Crippen molar-refractivity contribution in [3.8, 4) is 5.75 Å². The number of rotatable bonds is 5. The molecule has 1 amide bonds. The summed E-state index contributed by atoms with van der Waals surface area (Å²) in [4.78, 5) is 11.3. The molecule has 0 unspecified atom stereocenters. The minimum atomic E-state index is -3.35. The molecule has 6 nitrogen and oxygen atoms in total. The van der Waals surface area contributed by atoms with Crippen molar-refractivity contribution in [2.75, 3.05) is 13.4 Å². The Morgan fingerprint density at radius 2 is 2.05 bits per heavy atom. The molecule has 0 atom stereocenters. The fourth-order valence-corrected chi connectivity index (χ4v) is 2.31. The summed E-state index contributed by atoms with van der Waals surface area (Å²) in [5.74, 6) is 0.0606.